The number of hydrogen-bond acceptors (Lipinski definition) is 6. The Morgan fingerprint density at radius 3 is 2.09 bits per heavy atom. The Hall–Kier alpha value is -1.21. The fraction of sp³-hybridized carbons (Fsp3) is 0.688. The van der Waals surface area contributed by atoms with E-state index < -0.39 is 0 Å². The second kappa shape index (κ2) is 13.5. The lowest BCUT2D eigenvalue weighted by Crippen LogP contribution is -2.23. The molecule has 0 aromatic heterocycles. The molecule has 0 aliphatic carbocycles. The van der Waals surface area contributed by atoms with E-state index in [-0.39, 0.29) is 44.3 Å². The van der Waals surface area contributed by atoms with Crippen molar-refractivity contribution >= 4 is 5.97 Å². The Morgan fingerprint density at radius 1 is 1.05 bits per heavy atom. The van der Waals surface area contributed by atoms with E-state index >= 15 is 0 Å². The highest BCUT2D eigenvalue weighted by Crippen LogP contribution is 2.11. The largest absolute Gasteiger partial charge is 0.463 e. The van der Waals surface area contributed by atoms with E-state index in [9.17, 15) is 4.79 Å². The molecule has 0 bridgehead atoms. The summed E-state index contributed by atoms with van der Waals surface area (Å²) in [6, 6.07) is 0. The molecule has 22 heavy (non-hydrogen) atoms. The van der Waals surface area contributed by atoms with Gasteiger partial charge in [-0.25, -0.2) is 0 Å². The first-order valence-corrected chi connectivity index (χ1v) is 7.23. The van der Waals surface area contributed by atoms with Crippen molar-refractivity contribution in [3.8, 4) is 0 Å². The van der Waals surface area contributed by atoms with Gasteiger partial charge < -0.3 is 23.7 Å². The van der Waals surface area contributed by atoms with Crippen LogP contribution in [0.15, 0.2) is 25.3 Å². The maximum absolute atomic E-state index is 11.8. The number of carbonyl (C=O) groups is 1. The number of ether oxygens (including phenoxy) is 5. The monoisotopic (exact) mass is 316 g/mol. The predicted octanol–water partition coefficient (Wildman–Crippen LogP) is 2.44. The number of esters is 1. The van der Waals surface area contributed by atoms with Crippen molar-refractivity contribution in [3.63, 3.8) is 0 Å². The van der Waals surface area contributed by atoms with Crippen molar-refractivity contribution in [2.24, 2.45) is 0 Å². The third-order valence-electron chi connectivity index (χ3n) is 2.86. The summed E-state index contributed by atoms with van der Waals surface area (Å²) < 4.78 is 25.7. The van der Waals surface area contributed by atoms with Gasteiger partial charge in [-0.05, 0) is 13.3 Å². The maximum atomic E-state index is 11.8. The lowest BCUT2D eigenvalue weighted by molar-refractivity contribution is -0.151. The molecule has 0 spiro atoms. The fourth-order valence-corrected chi connectivity index (χ4v) is 1.73. The molecule has 0 aromatic rings. The highest BCUT2D eigenvalue weighted by atomic mass is 16.7. The Balaban J connectivity index is 4.02. The lowest BCUT2D eigenvalue weighted by Gasteiger charge is -2.19. The fourth-order valence-electron chi connectivity index (χ4n) is 1.73. The van der Waals surface area contributed by atoms with Gasteiger partial charge in [0.05, 0.1) is 12.2 Å². The number of carbonyl (C=O) groups excluding carboxylic acids is 1. The Bertz CT molecular complexity index is 318. The number of methoxy groups -OCH3 is 2. The zero-order valence-electron chi connectivity index (χ0n) is 13.8. The molecule has 0 aliphatic rings. The molecule has 3 atom stereocenters. The molecule has 0 saturated carbocycles. The van der Waals surface area contributed by atoms with Crippen LogP contribution < -0.4 is 0 Å². The van der Waals surface area contributed by atoms with Gasteiger partial charge in [-0.3, -0.25) is 4.79 Å². The predicted molar refractivity (Wildman–Crippen MR) is 83.3 cm³/mol. The van der Waals surface area contributed by atoms with Crippen LogP contribution in [0.4, 0.5) is 0 Å². The summed E-state index contributed by atoms with van der Waals surface area (Å²) >= 11 is 0. The van der Waals surface area contributed by atoms with E-state index in [0.717, 1.165) is 0 Å². The first-order chi connectivity index (χ1) is 10.6. The molecule has 0 saturated heterocycles. The van der Waals surface area contributed by atoms with Crippen molar-refractivity contribution in [2.45, 2.75) is 44.5 Å². The molecule has 0 fully saturated rings. The smallest absolute Gasteiger partial charge is 0.306 e. The van der Waals surface area contributed by atoms with E-state index in [2.05, 4.69) is 13.2 Å². The zero-order valence-corrected chi connectivity index (χ0v) is 13.8. The summed E-state index contributed by atoms with van der Waals surface area (Å²) in [7, 11) is 3.09. The summed E-state index contributed by atoms with van der Waals surface area (Å²) in [6.07, 6.45) is 3.88. The van der Waals surface area contributed by atoms with E-state index in [4.69, 9.17) is 23.7 Å². The van der Waals surface area contributed by atoms with Crippen LogP contribution in [0.1, 0.15) is 26.2 Å². The first kappa shape index (κ1) is 20.8. The minimum Gasteiger partial charge on any atom is -0.463 e. The van der Waals surface area contributed by atoms with E-state index in [0.29, 0.717) is 12.8 Å². The minimum absolute atomic E-state index is 0.167. The quantitative estimate of drug-likeness (QED) is 0.279. The standard InChI is InChI=1S/C16H28O6/c1-6-14(20-11-18-4)8-9-16(17)22-13(3)10-15(7-2)21-12-19-5/h6-7,13-15H,1-2,8-12H2,3-5H3/t13?,14-,15?/m1/s1. The summed E-state index contributed by atoms with van der Waals surface area (Å²) in [6.45, 7) is 9.50. The highest BCUT2D eigenvalue weighted by molar-refractivity contribution is 5.69. The van der Waals surface area contributed by atoms with Gasteiger partial charge in [-0.1, -0.05) is 12.2 Å². The SMILES string of the molecule is C=CC(CC(C)OC(=O)CC[C@@H](C=C)OCOC)OCOC. The van der Waals surface area contributed by atoms with Crippen LogP contribution in [-0.4, -0.2) is 52.1 Å². The zero-order chi connectivity index (χ0) is 16.8. The van der Waals surface area contributed by atoms with Gasteiger partial charge in [-0.15, -0.1) is 13.2 Å². The molecule has 0 amide bonds. The third-order valence-corrected chi connectivity index (χ3v) is 2.86. The summed E-state index contributed by atoms with van der Waals surface area (Å²) in [5, 5.41) is 0. The van der Waals surface area contributed by atoms with Crippen molar-refractivity contribution in [3.05, 3.63) is 25.3 Å². The molecular weight excluding hydrogens is 288 g/mol. The average molecular weight is 316 g/mol. The molecule has 2 unspecified atom stereocenters. The molecule has 6 heteroatoms. The average Bonchev–Trinajstić information content (AvgIpc) is 2.51. The molecule has 0 N–H and O–H groups in total. The Kier molecular flexibility index (Phi) is 12.7. The molecular formula is C16H28O6. The van der Waals surface area contributed by atoms with Crippen molar-refractivity contribution in [2.75, 3.05) is 27.8 Å². The number of hydrogen-bond donors (Lipinski definition) is 0. The van der Waals surface area contributed by atoms with Crippen LogP contribution >= 0.6 is 0 Å². The first-order valence-electron chi connectivity index (χ1n) is 7.23. The third kappa shape index (κ3) is 10.5. The molecule has 0 heterocycles. The molecule has 6 nitrogen and oxygen atoms in total. The van der Waals surface area contributed by atoms with Gasteiger partial charge in [0, 0.05) is 27.1 Å². The van der Waals surface area contributed by atoms with Gasteiger partial charge >= 0.3 is 5.97 Å². The summed E-state index contributed by atoms with van der Waals surface area (Å²) in [4.78, 5) is 11.8. The van der Waals surface area contributed by atoms with Crippen LogP contribution in [0.2, 0.25) is 0 Å². The normalized spacial score (nSPS) is 14.9. The van der Waals surface area contributed by atoms with Gasteiger partial charge in [0.15, 0.2) is 0 Å². The van der Waals surface area contributed by atoms with Gasteiger partial charge in [0.2, 0.25) is 0 Å². The molecule has 0 aliphatic heterocycles. The minimum atomic E-state index is -0.282. The van der Waals surface area contributed by atoms with Gasteiger partial charge in [0.25, 0.3) is 0 Å². The van der Waals surface area contributed by atoms with Crippen LogP contribution in [0.25, 0.3) is 0 Å². The number of rotatable bonds is 14. The Labute approximate surface area is 133 Å². The maximum Gasteiger partial charge on any atom is 0.306 e. The lowest BCUT2D eigenvalue weighted by atomic mass is 10.1. The second-order valence-electron chi connectivity index (χ2n) is 4.77. The van der Waals surface area contributed by atoms with Crippen molar-refractivity contribution < 1.29 is 28.5 Å². The van der Waals surface area contributed by atoms with Crippen LogP contribution in [0.5, 0.6) is 0 Å². The van der Waals surface area contributed by atoms with Crippen LogP contribution in [0, 0.1) is 0 Å². The van der Waals surface area contributed by atoms with Crippen molar-refractivity contribution in [1.29, 1.82) is 0 Å². The summed E-state index contributed by atoms with van der Waals surface area (Å²) in [5.41, 5.74) is 0. The van der Waals surface area contributed by atoms with E-state index in [1.165, 1.54) is 7.11 Å². The topological polar surface area (TPSA) is 63.2 Å². The molecule has 0 radical (unpaired) electrons. The van der Waals surface area contributed by atoms with Crippen LogP contribution in [0.3, 0.4) is 0 Å². The molecule has 0 rings (SSSR count). The van der Waals surface area contributed by atoms with Gasteiger partial charge in [-0.2, -0.15) is 0 Å². The Morgan fingerprint density at radius 2 is 1.59 bits per heavy atom. The van der Waals surface area contributed by atoms with E-state index in [1.54, 1.807) is 19.3 Å². The van der Waals surface area contributed by atoms with Crippen molar-refractivity contribution in [1.82, 2.24) is 0 Å². The van der Waals surface area contributed by atoms with Crippen LogP contribution in [-0.2, 0) is 28.5 Å². The molecule has 0 aromatic carbocycles. The van der Waals surface area contributed by atoms with Gasteiger partial charge in [0.1, 0.15) is 19.7 Å². The highest BCUT2D eigenvalue weighted by Gasteiger charge is 2.16. The second-order valence-corrected chi connectivity index (χ2v) is 4.77. The van der Waals surface area contributed by atoms with E-state index in [1.807, 2.05) is 6.92 Å². The summed E-state index contributed by atoms with van der Waals surface area (Å²) in [5.74, 6) is -0.282. The molecule has 128 valence electrons.